The Morgan fingerprint density at radius 1 is 1.36 bits per heavy atom. The molecule has 2 amide bonds. The minimum atomic E-state index is -3.13. The molecule has 0 fully saturated rings. The van der Waals surface area contributed by atoms with E-state index in [1.54, 1.807) is 0 Å². The van der Waals surface area contributed by atoms with E-state index >= 15 is 0 Å². The average Bonchev–Trinajstić information content (AvgIpc) is 2.41. The van der Waals surface area contributed by atoms with Crippen molar-refractivity contribution in [2.24, 2.45) is 5.92 Å². The number of benzene rings is 1. The first kappa shape index (κ1) is 18.1. The monoisotopic (exact) mass is 320 g/mol. The molecule has 1 rings (SSSR count). The van der Waals surface area contributed by atoms with Crippen LogP contribution in [0.3, 0.4) is 0 Å². The molecule has 22 heavy (non-hydrogen) atoms. The zero-order chi connectivity index (χ0) is 16.7. The number of anilines is 1. The third-order valence-electron chi connectivity index (χ3n) is 2.90. The van der Waals surface area contributed by atoms with Gasteiger partial charge in [-0.2, -0.15) is 8.78 Å². The van der Waals surface area contributed by atoms with E-state index in [4.69, 9.17) is 0 Å². The highest BCUT2D eigenvalue weighted by molar-refractivity contribution is 5.90. The summed E-state index contributed by atoms with van der Waals surface area (Å²) in [6.07, 6.45) is -0.196. The van der Waals surface area contributed by atoms with Crippen LogP contribution in [0.25, 0.3) is 0 Å². The molecule has 1 atom stereocenters. The Bertz CT molecular complexity index is 498. The van der Waals surface area contributed by atoms with Crippen LogP contribution in [0, 0.1) is 11.7 Å². The van der Waals surface area contributed by atoms with E-state index in [1.807, 2.05) is 13.8 Å². The van der Waals surface area contributed by atoms with Gasteiger partial charge in [0.25, 0.3) is 0 Å². The molecule has 0 bridgehead atoms. The number of ether oxygens (including phenoxy) is 1. The van der Waals surface area contributed by atoms with E-state index in [1.165, 1.54) is 0 Å². The lowest BCUT2D eigenvalue weighted by atomic mass is 10.0. The van der Waals surface area contributed by atoms with Gasteiger partial charge in [0.2, 0.25) is 0 Å². The number of carbonyl (C=O) groups is 1. The van der Waals surface area contributed by atoms with Crippen LogP contribution >= 0.6 is 0 Å². The van der Waals surface area contributed by atoms with Crippen molar-refractivity contribution < 1.29 is 27.8 Å². The summed E-state index contributed by atoms with van der Waals surface area (Å²) in [4.78, 5) is 11.6. The van der Waals surface area contributed by atoms with E-state index in [0.717, 1.165) is 18.2 Å². The zero-order valence-corrected chi connectivity index (χ0v) is 12.3. The van der Waals surface area contributed by atoms with Gasteiger partial charge in [0.05, 0.1) is 11.8 Å². The molecule has 5 nitrogen and oxygen atoms in total. The molecule has 0 aliphatic carbocycles. The van der Waals surface area contributed by atoms with Gasteiger partial charge in [-0.1, -0.05) is 13.8 Å². The number of aliphatic hydroxyl groups excluding tert-OH is 1. The summed E-state index contributed by atoms with van der Waals surface area (Å²) in [7, 11) is 0. The van der Waals surface area contributed by atoms with Gasteiger partial charge in [0.15, 0.2) is 5.75 Å². The van der Waals surface area contributed by atoms with E-state index in [0.29, 0.717) is 6.42 Å². The molecule has 0 heterocycles. The minimum absolute atomic E-state index is 0.0630. The van der Waals surface area contributed by atoms with Gasteiger partial charge in [-0.05, 0) is 24.5 Å². The summed E-state index contributed by atoms with van der Waals surface area (Å²) in [6, 6.07) is 2.22. The lowest BCUT2D eigenvalue weighted by molar-refractivity contribution is -0.0495. The van der Waals surface area contributed by atoms with Gasteiger partial charge in [-0.3, -0.25) is 0 Å². The minimum Gasteiger partial charge on any atom is -0.432 e. The topological polar surface area (TPSA) is 70.6 Å². The largest absolute Gasteiger partial charge is 0.432 e. The molecule has 0 radical (unpaired) electrons. The van der Waals surface area contributed by atoms with Crippen LogP contribution in [-0.2, 0) is 0 Å². The van der Waals surface area contributed by atoms with Gasteiger partial charge < -0.3 is 20.5 Å². The molecule has 1 unspecified atom stereocenters. The van der Waals surface area contributed by atoms with E-state index in [2.05, 4.69) is 15.4 Å². The van der Waals surface area contributed by atoms with Crippen molar-refractivity contribution in [3.05, 3.63) is 24.0 Å². The molecule has 0 aromatic heterocycles. The molecule has 0 aliphatic rings. The maximum absolute atomic E-state index is 13.0. The van der Waals surface area contributed by atoms with Crippen molar-refractivity contribution in [2.45, 2.75) is 33.0 Å². The summed E-state index contributed by atoms with van der Waals surface area (Å²) >= 11 is 0. The Labute approximate surface area is 126 Å². The van der Waals surface area contributed by atoms with E-state index in [-0.39, 0.29) is 18.2 Å². The normalized spacial score (nSPS) is 12.4. The molecule has 0 saturated carbocycles. The highest BCUT2D eigenvalue weighted by atomic mass is 19.3. The number of hydrogen-bond donors (Lipinski definition) is 3. The number of alkyl halides is 2. The maximum atomic E-state index is 13.0. The van der Waals surface area contributed by atoms with Gasteiger partial charge in [-0.25, -0.2) is 9.18 Å². The molecule has 1 aromatic carbocycles. The van der Waals surface area contributed by atoms with Crippen molar-refractivity contribution in [1.29, 1.82) is 0 Å². The number of aliphatic hydroxyl groups is 1. The Morgan fingerprint density at radius 3 is 2.64 bits per heavy atom. The molecule has 3 N–H and O–H groups in total. The van der Waals surface area contributed by atoms with Crippen LogP contribution < -0.4 is 15.4 Å². The van der Waals surface area contributed by atoms with Gasteiger partial charge in [0, 0.05) is 12.6 Å². The molecule has 0 aliphatic heterocycles. The number of halogens is 3. The van der Waals surface area contributed by atoms with Crippen LogP contribution in [-0.4, -0.2) is 30.4 Å². The number of rotatable bonds is 7. The smallest absolute Gasteiger partial charge is 0.387 e. The second-order valence-corrected chi connectivity index (χ2v) is 5.00. The molecule has 8 heteroatoms. The van der Waals surface area contributed by atoms with Crippen molar-refractivity contribution in [2.75, 3.05) is 11.9 Å². The first-order chi connectivity index (χ1) is 10.3. The van der Waals surface area contributed by atoms with E-state index < -0.39 is 30.3 Å². The number of amides is 2. The Kier molecular flexibility index (Phi) is 6.97. The predicted molar refractivity (Wildman–Crippen MR) is 75.5 cm³/mol. The first-order valence-electron chi connectivity index (χ1n) is 6.77. The molecule has 1 aromatic rings. The Morgan fingerprint density at radius 2 is 2.05 bits per heavy atom. The molecule has 0 spiro atoms. The maximum Gasteiger partial charge on any atom is 0.387 e. The Balaban J connectivity index is 2.57. The second kappa shape index (κ2) is 8.47. The lowest BCUT2D eigenvalue weighted by Gasteiger charge is -2.15. The van der Waals surface area contributed by atoms with Crippen LogP contribution in [0.2, 0.25) is 0 Å². The van der Waals surface area contributed by atoms with Crippen LogP contribution in [0.15, 0.2) is 18.2 Å². The molecule has 124 valence electrons. The summed E-state index contributed by atoms with van der Waals surface area (Å²) < 4.78 is 41.6. The third-order valence-corrected chi connectivity index (χ3v) is 2.90. The summed E-state index contributed by atoms with van der Waals surface area (Å²) in [5.74, 6) is -1.16. The predicted octanol–water partition coefficient (Wildman–Crippen LogP) is 2.96. The quantitative estimate of drug-likeness (QED) is 0.723. The van der Waals surface area contributed by atoms with Gasteiger partial charge in [0.1, 0.15) is 5.82 Å². The average molecular weight is 320 g/mol. The standard InChI is InChI=1S/C14H19F3N2O3/c1-8(2)11(20)5-6-18-14(21)19-10-4-3-9(15)7-12(10)22-13(16)17/h3-4,7-8,11,13,20H,5-6H2,1-2H3,(H2,18,19,21). The fraction of sp³-hybridized carbons (Fsp3) is 0.500. The van der Waals surface area contributed by atoms with Gasteiger partial charge >= 0.3 is 12.6 Å². The molecule has 0 saturated heterocycles. The summed E-state index contributed by atoms with van der Waals surface area (Å²) in [5, 5.41) is 14.3. The molecular weight excluding hydrogens is 301 g/mol. The van der Waals surface area contributed by atoms with Crippen molar-refractivity contribution >= 4 is 11.7 Å². The first-order valence-corrected chi connectivity index (χ1v) is 6.77. The molecular formula is C14H19F3N2O3. The van der Waals surface area contributed by atoms with Crippen LogP contribution in [0.5, 0.6) is 5.75 Å². The zero-order valence-electron chi connectivity index (χ0n) is 12.3. The lowest BCUT2D eigenvalue weighted by Crippen LogP contribution is -2.32. The number of hydrogen-bond acceptors (Lipinski definition) is 3. The highest BCUT2D eigenvalue weighted by Gasteiger charge is 2.14. The van der Waals surface area contributed by atoms with Gasteiger partial charge in [-0.15, -0.1) is 0 Å². The fourth-order valence-electron chi connectivity index (χ4n) is 1.63. The second-order valence-electron chi connectivity index (χ2n) is 5.00. The number of urea groups is 1. The van der Waals surface area contributed by atoms with Crippen molar-refractivity contribution in [3.63, 3.8) is 0 Å². The number of nitrogens with one attached hydrogen (secondary N) is 2. The van der Waals surface area contributed by atoms with Crippen LogP contribution in [0.1, 0.15) is 20.3 Å². The van der Waals surface area contributed by atoms with E-state index in [9.17, 15) is 23.1 Å². The number of carbonyl (C=O) groups excluding carboxylic acids is 1. The third kappa shape index (κ3) is 6.21. The van der Waals surface area contributed by atoms with Crippen molar-refractivity contribution in [3.8, 4) is 5.75 Å². The fourth-order valence-corrected chi connectivity index (χ4v) is 1.63. The van der Waals surface area contributed by atoms with Crippen LogP contribution in [0.4, 0.5) is 23.7 Å². The Hall–Kier alpha value is -1.96. The van der Waals surface area contributed by atoms with Crippen molar-refractivity contribution in [1.82, 2.24) is 5.32 Å². The summed E-state index contributed by atoms with van der Waals surface area (Å²) in [5.41, 5.74) is -0.0800. The SMILES string of the molecule is CC(C)C(O)CCNC(=O)Nc1ccc(F)cc1OC(F)F. The highest BCUT2D eigenvalue weighted by Crippen LogP contribution is 2.26. The summed E-state index contributed by atoms with van der Waals surface area (Å²) in [6.45, 7) is 0.762.